The number of carbonyl (C=O) groups excluding carboxylic acids is 1. The highest BCUT2D eigenvalue weighted by molar-refractivity contribution is 5.76. The fourth-order valence-electron chi connectivity index (χ4n) is 3.05. The molecule has 0 aliphatic rings. The van der Waals surface area contributed by atoms with Gasteiger partial charge in [-0.15, -0.1) is 0 Å². The number of hydrogen-bond donors (Lipinski definition) is 1. The normalized spacial score (nSPS) is 12.2. The molecule has 26 heavy (non-hydrogen) atoms. The van der Waals surface area contributed by atoms with E-state index in [2.05, 4.69) is 20.6 Å². The SMILES string of the molecule is Cc1noc(C)c1CCC(=O)N[C@@H](C)c1cnn(-c2ccccn2)c1C. The molecule has 1 atom stereocenters. The molecule has 7 heteroatoms. The van der Waals surface area contributed by atoms with Gasteiger partial charge >= 0.3 is 0 Å². The van der Waals surface area contributed by atoms with Crippen LogP contribution in [0.3, 0.4) is 0 Å². The van der Waals surface area contributed by atoms with Crippen LogP contribution in [0.1, 0.15) is 47.7 Å². The van der Waals surface area contributed by atoms with Crippen LogP contribution in [0.2, 0.25) is 0 Å². The van der Waals surface area contributed by atoms with E-state index in [9.17, 15) is 4.79 Å². The van der Waals surface area contributed by atoms with Crippen LogP contribution in [0.15, 0.2) is 35.1 Å². The molecule has 0 aromatic carbocycles. The molecule has 0 saturated carbocycles. The highest BCUT2D eigenvalue weighted by Gasteiger charge is 2.17. The van der Waals surface area contributed by atoms with Gasteiger partial charge < -0.3 is 9.84 Å². The van der Waals surface area contributed by atoms with E-state index in [0.29, 0.717) is 12.8 Å². The Hall–Kier alpha value is -2.96. The van der Waals surface area contributed by atoms with Crippen molar-refractivity contribution in [3.8, 4) is 5.82 Å². The first-order valence-electron chi connectivity index (χ1n) is 8.64. The van der Waals surface area contributed by atoms with Gasteiger partial charge in [0.2, 0.25) is 5.91 Å². The van der Waals surface area contributed by atoms with Gasteiger partial charge in [-0.1, -0.05) is 11.2 Å². The van der Waals surface area contributed by atoms with Crippen molar-refractivity contribution in [2.45, 2.75) is 46.6 Å². The predicted molar refractivity (Wildman–Crippen MR) is 97.0 cm³/mol. The Morgan fingerprint density at radius 3 is 2.77 bits per heavy atom. The fourth-order valence-corrected chi connectivity index (χ4v) is 3.05. The number of carbonyl (C=O) groups is 1. The van der Waals surface area contributed by atoms with E-state index in [0.717, 1.165) is 34.1 Å². The first-order valence-corrected chi connectivity index (χ1v) is 8.64. The zero-order valence-electron chi connectivity index (χ0n) is 15.5. The summed E-state index contributed by atoms with van der Waals surface area (Å²) >= 11 is 0. The maximum atomic E-state index is 12.3. The van der Waals surface area contributed by atoms with Gasteiger partial charge in [0.1, 0.15) is 5.76 Å². The summed E-state index contributed by atoms with van der Waals surface area (Å²) in [6, 6.07) is 5.55. The summed E-state index contributed by atoms with van der Waals surface area (Å²) in [7, 11) is 0. The average Bonchev–Trinajstić information content (AvgIpc) is 3.16. The largest absolute Gasteiger partial charge is 0.361 e. The third kappa shape index (κ3) is 3.66. The van der Waals surface area contributed by atoms with Crippen LogP contribution in [-0.2, 0) is 11.2 Å². The van der Waals surface area contributed by atoms with Gasteiger partial charge in [-0.3, -0.25) is 4.79 Å². The number of pyridine rings is 1. The van der Waals surface area contributed by atoms with Gasteiger partial charge in [0, 0.05) is 29.4 Å². The zero-order valence-corrected chi connectivity index (χ0v) is 15.5. The average molecular weight is 353 g/mol. The second-order valence-corrected chi connectivity index (χ2v) is 6.38. The Morgan fingerprint density at radius 2 is 2.12 bits per heavy atom. The van der Waals surface area contributed by atoms with Crippen LogP contribution in [0, 0.1) is 20.8 Å². The Morgan fingerprint density at radius 1 is 1.31 bits per heavy atom. The van der Waals surface area contributed by atoms with Crippen LogP contribution in [0.5, 0.6) is 0 Å². The minimum atomic E-state index is -0.135. The summed E-state index contributed by atoms with van der Waals surface area (Å²) < 4.78 is 6.92. The number of aryl methyl sites for hydroxylation is 2. The molecule has 0 spiro atoms. The van der Waals surface area contributed by atoms with Gasteiger partial charge in [0.25, 0.3) is 0 Å². The third-order valence-electron chi connectivity index (χ3n) is 4.54. The number of hydrogen-bond acceptors (Lipinski definition) is 5. The molecule has 3 rings (SSSR count). The molecule has 3 heterocycles. The molecule has 3 aromatic rings. The lowest BCUT2D eigenvalue weighted by Gasteiger charge is -2.14. The van der Waals surface area contributed by atoms with E-state index in [-0.39, 0.29) is 11.9 Å². The molecule has 0 aliphatic carbocycles. The first-order chi connectivity index (χ1) is 12.5. The van der Waals surface area contributed by atoms with Crippen molar-refractivity contribution < 1.29 is 9.32 Å². The molecule has 1 N–H and O–H groups in total. The molecule has 0 aliphatic heterocycles. The van der Waals surface area contributed by atoms with Crippen LogP contribution < -0.4 is 5.32 Å². The van der Waals surface area contributed by atoms with Gasteiger partial charge in [0.05, 0.1) is 17.9 Å². The lowest BCUT2D eigenvalue weighted by Crippen LogP contribution is -2.27. The van der Waals surface area contributed by atoms with Crippen LogP contribution in [-0.4, -0.2) is 25.8 Å². The second kappa shape index (κ2) is 7.51. The Bertz CT molecular complexity index is 879. The van der Waals surface area contributed by atoms with Crippen LogP contribution in [0.4, 0.5) is 0 Å². The molecule has 0 radical (unpaired) electrons. The highest BCUT2D eigenvalue weighted by Crippen LogP contribution is 2.20. The van der Waals surface area contributed by atoms with E-state index in [1.165, 1.54) is 0 Å². The molecular weight excluding hydrogens is 330 g/mol. The Balaban J connectivity index is 1.64. The summed E-state index contributed by atoms with van der Waals surface area (Å²) in [6.45, 7) is 7.69. The maximum Gasteiger partial charge on any atom is 0.220 e. The topological polar surface area (TPSA) is 85.8 Å². The molecular formula is C19H23N5O2. The lowest BCUT2D eigenvalue weighted by molar-refractivity contribution is -0.121. The van der Waals surface area contributed by atoms with Crippen molar-refractivity contribution in [1.29, 1.82) is 0 Å². The number of amides is 1. The molecule has 1 amide bonds. The van der Waals surface area contributed by atoms with Gasteiger partial charge in [0.15, 0.2) is 5.82 Å². The summed E-state index contributed by atoms with van der Waals surface area (Å²) in [4.78, 5) is 16.6. The smallest absolute Gasteiger partial charge is 0.220 e. The third-order valence-corrected chi connectivity index (χ3v) is 4.54. The molecule has 136 valence electrons. The minimum absolute atomic E-state index is 0.0116. The Kier molecular flexibility index (Phi) is 5.16. The summed E-state index contributed by atoms with van der Waals surface area (Å²) in [6.07, 6.45) is 4.52. The molecule has 3 aromatic heterocycles. The van der Waals surface area contributed by atoms with Gasteiger partial charge in [-0.05, 0) is 46.2 Å². The van der Waals surface area contributed by atoms with Crippen LogP contribution >= 0.6 is 0 Å². The van der Waals surface area contributed by atoms with Gasteiger partial charge in [-0.2, -0.15) is 5.10 Å². The standard InChI is InChI=1S/C19H23N5O2/c1-12(22-19(25)9-8-16-13(2)23-26-15(16)4)17-11-21-24(14(17)3)18-7-5-6-10-20-18/h5-7,10-12H,8-9H2,1-4H3,(H,22,25)/t12-/m0/s1. The second-order valence-electron chi connectivity index (χ2n) is 6.38. The van der Waals surface area contributed by atoms with E-state index >= 15 is 0 Å². The number of nitrogens with zero attached hydrogens (tertiary/aromatic N) is 4. The molecule has 7 nitrogen and oxygen atoms in total. The maximum absolute atomic E-state index is 12.3. The lowest BCUT2D eigenvalue weighted by atomic mass is 10.1. The summed E-state index contributed by atoms with van der Waals surface area (Å²) in [5.74, 6) is 1.52. The van der Waals surface area contributed by atoms with Crippen molar-refractivity contribution in [2.24, 2.45) is 0 Å². The van der Waals surface area contributed by atoms with Crippen molar-refractivity contribution in [2.75, 3.05) is 0 Å². The fraction of sp³-hybridized carbons (Fsp3) is 0.368. The van der Waals surface area contributed by atoms with Crippen molar-refractivity contribution in [1.82, 2.24) is 25.2 Å². The molecule has 0 fully saturated rings. The number of nitrogens with one attached hydrogen (secondary N) is 1. The summed E-state index contributed by atoms with van der Waals surface area (Å²) in [5.41, 5.74) is 3.78. The quantitative estimate of drug-likeness (QED) is 0.736. The zero-order chi connectivity index (χ0) is 18.7. The highest BCUT2D eigenvalue weighted by atomic mass is 16.5. The molecule has 0 unspecified atom stereocenters. The van der Waals surface area contributed by atoms with E-state index in [4.69, 9.17) is 4.52 Å². The van der Waals surface area contributed by atoms with E-state index in [1.54, 1.807) is 17.1 Å². The number of rotatable bonds is 6. The van der Waals surface area contributed by atoms with Gasteiger partial charge in [-0.25, -0.2) is 9.67 Å². The predicted octanol–water partition coefficient (Wildman–Crippen LogP) is 2.99. The minimum Gasteiger partial charge on any atom is -0.361 e. The monoisotopic (exact) mass is 353 g/mol. The van der Waals surface area contributed by atoms with E-state index < -0.39 is 0 Å². The van der Waals surface area contributed by atoms with Crippen molar-refractivity contribution in [3.63, 3.8) is 0 Å². The summed E-state index contributed by atoms with van der Waals surface area (Å²) in [5, 5.41) is 11.4. The Labute approximate surface area is 152 Å². The molecule has 0 bridgehead atoms. The van der Waals surface area contributed by atoms with E-state index in [1.807, 2.05) is 45.9 Å². The van der Waals surface area contributed by atoms with Crippen molar-refractivity contribution in [3.05, 3.63) is 58.9 Å². The molecule has 0 saturated heterocycles. The first kappa shape index (κ1) is 17.8. The van der Waals surface area contributed by atoms with Crippen molar-refractivity contribution >= 4 is 5.91 Å². The van der Waals surface area contributed by atoms with Crippen LogP contribution in [0.25, 0.3) is 5.82 Å². The number of aromatic nitrogens is 4.